The Morgan fingerprint density at radius 3 is 2.44 bits per heavy atom. The van der Waals surface area contributed by atoms with Gasteiger partial charge in [0, 0.05) is 51.0 Å². The number of anilines is 1. The molecule has 5 heteroatoms. The molecule has 2 aromatic rings. The molecule has 1 fully saturated rings. The molecule has 1 aliphatic rings. The van der Waals surface area contributed by atoms with Crippen molar-refractivity contribution >= 4 is 18.0 Å². The van der Waals surface area contributed by atoms with Crippen LogP contribution in [0.2, 0.25) is 0 Å². The lowest BCUT2D eigenvalue weighted by molar-refractivity contribution is -0.119. The Balaban J connectivity index is 1.68. The minimum Gasteiger partial charge on any atom is -0.370 e. The van der Waals surface area contributed by atoms with Crippen LogP contribution in [0.15, 0.2) is 54.6 Å². The van der Waals surface area contributed by atoms with Crippen LogP contribution in [-0.4, -0.2) is 55.3 Å². The summed E-state index contributed by atoms with van der Waals surface area (Å²) in [4.78, 5) is 29.2. The maximum atomic E-state index is 12.7. The van der Waals surface area contributed by atoms with Crippen molar-refractivity contribution in [3.8, 4) is 0 Å². The largest absolute Gasteiger partial charge is 0.370 e. The van der Waals surface area contributed by atoms with Crippen molar-refractivity contribution in [1.82, 2.24) is 9.80 Å². The van der Waals surface area contributed by atoms with Gasteiger partial charge in [0.1, 0.15) is 0 Å². The molecule has 0 saturated carbocycles. The molecule has 0 N–H and O–H groups in total. The van der Waals surface area contributed by atoms with Crippen molar-refractivity contribution in [3.05, 3.63) is 65.7 Å². The molecule has 0 radical (unpaired) electrons. The van der Waals surface area contributed by atoms with Gasteiger partial charge < -0.3 is 14.7 Å². The van der Waals surface area contributed by atoms with Gasteiger partial charge in [-0.1, -0.05) is 36.4 Å². The van der Waals surface area contributed by atoms with Crippen LogP contribution in [0.3, 0.4) is 0 Å². The highest BCUT2D eigenvalue weighted by molar-refractivity contribution is 5.95. The molecule has 25 heavy (non-hydrogen) atoms. The first-order chi connectivity index (χ1) is 12.2. The van der Waals surface area contributed by atoms with Gasteiger partial charge in [0.15, 0.2) is 0 Å². The Bertz CT molecular complexity index is 725. The highest BCUT2D eigenvalue weighted by Gasteiger charge is 2.21. The molecule has 130 valence electrons. The molecule has 0 aliphatic carbocycles. The van der Waals surface area contributed by atoms with E-state index in [1.165, 1.54) is 5.56 Å². The maximum absolute atomic E-state index is 12.7. The Morgan fingerprint density at radius 1 is 1.04 bits per heavy atom. The molecule has 0 aromatic heterocycles. The van der Waals surface area contributed by atoms with Crippen molar-refractivity contribution in [2.45, 2.75) is 6.54 Å². The first-order valence-corrected chi connectivity index (χ1v) is 8.51. The predicted molar refractivity (Wildman–Crippen MR) is 98.5 cm³/mol. The first-order valence-electron chi connectivity index (χ1n) is 8.51. The molecule has 2 amide bonds. The molecule has 0 unspecified atom stereocenters. The molecule has 3 rings (SSSR count). The van der Waals surface area contributed by atoms with Crippen molar-refractivity contribution in [3.63, 3.8) is 0 Å². The number of nitrogens with zero attached hydrogens (tertiary/aromatic N) is 3. The smallest absolute Gasteiger partial charge is 0.254 e. The van der Waals surface area contributed by atoms with Crippen LogP contribution in [0, 0.1) is 0 Å². The Hall–Kier alpha value is -2.82. The summed E-state index contributed by atoms with van der Waals surface area (Å²) in [6.45, 7) is 3.16. The van der Waals surface area contributed by atoms with Crippen LogP contribution in [-0.2, 0) is 11.3 Å². The summed E-state index contributed by atoms with van der Waals surface area (Å²) in [5.74, 6) is 0.0283. The molecule has 2 aromatic carbocycles. The van der Waals surface area contributed by atoms with Crippen LogP contribution in [0.25, 0.3) is 0 Å². The molecular formula is C20H23N3O2. The third-order valence-electron chi connectivity index (χ3n) is 4.55. The van der Waals surface area contributed by atoms with Crippen LogP contribution in [0.5, 0.6) is 0 Å². The fourth-order valence-corrected chi connectivity index (χ4v) is 3.04. The second-order valence-electron chi connectivity index (χ2n) is 6.33. The number of rotatable bonds is 5. The lowest BCUT2D eigenvalue weighted by atomic mass is 10.1. The number of hydrogen-bond acceptors (Lipinski definition) is 3. The van der Waals surface area contributed by atoms with Crippen LogP contribution >= 0.6 is 0 Å². The topological polar surface area (TPSA) is 43.9 Å². The highest BCUT2D eigenvalue weighted by atomic mass is 16.2. The van der Waals surface area contributed by atoms with E-state index in [1.54, 1.807) is 4.90 Å². The fraction of sp³-hybridized carbons (Fsp3) is 0.300. The zero-order chi connectivity index (χ0) is 17.6. The van der Waals surface area contributed by atoms with E-state index in [1.807, 2.05) is 54.4 Å². The normalized spacial score (nSPS) is 14.3. The summed E-state index contributed by atoms with van der Waals surface area (Å²) in [6.07, 6.45) is 0.848. The fourth-order valence-electron chi connectivity index (χ4n) is 3.04. The summed E-state index contributed by atoms with van der Waals surface area (Å²) in [7, 11) is 2.03. The van der Waals surface area contributed by atoms with Gasteiger partial charge in [0.2, 0.25) is 6.41 Å². The van der Waals surface area contributed by atoms with E-state index < -0.39 is 0 Å². The van der Waals surface area contributed by atoms with Gasteiger partial charge in [0.25, 0.3) is 5.91 Å². The summed E-state index contributed by atoms with van der Waals surface area (Å²) >= 11 is 0. The van der Waals surface area contributed by atoms with E-state index in [4.69, 9.17) is 0 Å². The molecule has 0 atom stereocenters. The van der Waals surface area contributed by atoms with Gasteiger partial charge in [-0.25, -0.2) is 0 Å². The van der Waals surface area contributed by atoms with Gasteiger partial charge in [0.05, 0.1) is 0 Å². The molecule has 5 nitrogen and oxygen atoms in total. The quantitative estimate of drug-likeness (QED) is 0.786. The van der Waals surface area contributed by atoms with Crippen molar-refractivity contribution in [2.24, 2.45) is 0 Å². The zero-order valence-corrected chi connectivity index (χ0v) is 14.5. The molecule has 0 spiro atoms. The number of hydrogen-bond donors (Lipinski definition) is 0. The molecule has 1 saturated heterocycles. The molecule has 1 aliphatic heterocycles. The second kappa shape index (κ2) is 7.83. The third-order valence-corrected chi connectivity index (χ3v) is 4.55. The number of carbonyl (C=O) groups excluding carboxylic acids is 2. The van der Waals surface area contributed by atoms with Crippen molar-refractivity contribution in [1.29, 1.82) is 0 Å². The maximum Gasteiger partial charge on any atom is 0.254 e. The average Bonchev–Trinajstić information content (AvgIpc) is 2.68. The van der Waals surface area contributed by atoms with E-state index in [0.29, 0.717) is 31.7 Å². The van der Waals surface area contributed by atoms with Gasteiger partial charge in [-0.3, -0.25) is 9.59 Å². The van der Waals surface area contributed by atoms with Gasteiger partial charge in [-0.15, -0.1) is 0 Å². The van der Waals surface area contributed by atoms with Crippen LogP contribution < -0.4 is 4.90 Å². The molecular weight excluding hydrogens is 314 g/mol. The Morgan fingerprint density at radius 2 is 1.76 bits per heavy atom. The van der Waals surface area contributed by atoms with Gasteiger partial charge >= 0.3 is 0 Å². The lowest BCUT2D eigenvalue weighted by Crippen LogP contribution is -2.48. The van der Waals surface area contributed by atoms with Gasteiger partial charge in [-0.2, -0.15) is 0 Å². The summed E-state index contributed by atoms with van der Waals surface area (Å²) in [5.41, 5.74) is 2.94. The number of benzene rings is 2. The van der Waals surface area contributed by atoms with Crippen molar-refractivity contribution in [2.75, 3.05) is 38.1 Å². The second-order valence-corrected chi connectivity index (χ2v) is 6.33. The minimum atomic E-state index is 0.0283. The van der Waals surface area contributed by atoms with Crippen LogP contribution in [0.4, 0.5) is 5.69 Å². The summed E-state index contributed by atoms with van der Waals surface area (Å²) < 4.78 is 0. The summed E-state index contributed by atoms with van der Waals surface area (Å²) in [5, 5.41) is 0. The molecule has 0 bridgehead atoms. The average molecular weight is 337 g/mol. The summed E-state index contributed by atoms with van der Waals surface area (Å²) in [6, 6.07) is 18.0. The van der Waals surface area contributed by atoms with Crippen LogP contribution in [0.1, 0.15) is 15.9 Å². The molecule has 1 heterocycles. The van der Waals surface area contributed by atoms with E-state index in [-0.39, 0.29) is 5.91 Å². The monoisotopic (exact) mass is 337 g/mol. The number of piperazine rings is 1. The zero-order valence-electron chi connectivity index (χ0n) is 14.5. The number of carbonyl (C=O) groups is 2. The van der Waals surface area contributed by atoms with E-state index >= 15 is 0 Å². The van der Waals surface area contributed by atoms with E-state index in [9.17, 15) is 9.59 Å². The van der Waals surface area contributed by atoms with Gasteiger partial charge in [-0.05, 0) is 23.8 Å². The SMILES string of the molecule is CN(Cc1ccccc1)c1cccc(C(=O)N2CCN(C=O)CC2)c1. The Kier molecular flexibility index (Phi) is 5.33. The minimum absolute atomic E-state index is 0.0283. The Labute approximate surface area is 148 Å². The van der Waals surface area contributed by atoms with E-state index in [0.717, 1.165) is 18.6 Å². The predicted octanol–water partition coefficient (Wildman–Crippen LogP) is 2.24. The highest BCUT2D eigenvalue weighted by Crippen LogP contribution is 2.19. The van der Waals surface area contributed by atoms with E-state index in [2.05, 4.69) is 17.0 Å². The number of amides is 2. The van der Waals surface area contributed by atoms with Crippen molar-refractivity contribution < 1.29 is 9.59 Å². The third kappa shape index (κ3) is 4.18. The lowest BCUT2D eigenvalue weighted by Gasteiger charge is -2.32. The standard InChI is InChI=1S/C20H23N3O2/c1-21(15-17-6-3-2-4-7-17)19-9-5-8-18(14-19)20(25)23-12-10-22(16-24)11-13-23/h2-9,14,16H,10-13,15H2,1H3. The first kappa shape index (κ1) is 17.0.